The molecule has 2 aliphatic carbocycles. The monoisotopic (exact) mass is 383 g/mol. The molecule has 2 fully saturated rings. The Hall–Kier alpha value is -2.21. The smallest absolute Gasteiger partial charge is 0.254 e. The molecule has 0 radical (unpaired) electrons. The number of halogens is 1. The quantitative estimate of drug-likeness (QED) is 0.880. The normalized spacial score (nSPS) is 21.1. The Balaban J connectivity index is 1.34. The second-order valence-corrected chi connectivity index (χ2v) is 8.57. The van der Waals surface area contributed by atoms with Gasteiger partial charge in [-0.1, -0.05) is 0 Å². The molecule has 1 saturated heterocycles. The van der Waals surface area contributed by atoms with Gasteiger partial charge in [0, 0.05) is 29.0 Å². The Morgan fingerprint density at radius 3 is 2.79 bits per heavy atom. The topological polar surface area (TPSA) is 58.2 Å². The third kappa shape index (κ3) is 3.04. The molecule has 1 aromatic carbocycles. The lowest BCUT2D eigenvalue weighted by atomic mass is 9.76. The molecule has 0 unspecified atom stereocenters. The van der Waals surface area contributed by atoms with Crippen molar-refractivity contribution < 1.29 is 9.13 Å². The highest BCUT2D eigenvalue weighted by atomic mass is 19.1. The number of aromatic amines is 1. The van der Waals surface area contributed by atoms with Crippen molar-refractivity contribution in [3.8, 4) is 5.75 Å². The van der Waals surface area contributed by atoms with Crippen molar-refractivity contribution in [1.82, 2.24) is 14.9 Å². The van der Waals surface area contributed by atoms with Gasteiger partial charge in [0.15, 0.2) is 0 Å². The minimum atomic E-state index is -0.186. The van der Waals surface area contributed by atoms with Gasteiger partial charge < -0.3 is 9.72 Å². The maximum Gasteiger partial charge on any atom is 0.254 e. The molecule has 6 heteroatoms. The summed E-state index contributed by atoms with van der Waals surface area (Å²) in [6.45, 7) is 2.37. The van der Waals surface area contributed by atoms with Crippen molar-refractivity contribution in [3.05, 3.63) is 57.0 Å². The number of aromatic nitrogens is 2. The summed E-state index contributed by atoms with van der Waals surface area (Å²) >= 11 is 0. The molecule has 0 bridgehead atoms. The third-order valence-corrected chi connectivity index (χ3v) is 6.81. The van der Waals surface area contributed by atoms with Gasteiger partial charge in [-0.05, 0) is 69.8 Å². The zero-order chi connectivity index (χ0) is 19.3. The molecule has 0 amide bonds. The Morgan fingerprint density at radius 1 is 1.29 bits per heavy atom. The SMILES string of the molecule is COc1ccc(F)c(CN2CCC3(CCc4c3nc(C3CC3)[nH]c4=O)CC2)c1. The van der Waals surface area contributed by atoms with Gasteiger partial charge in [-0.15, -0.1) is 0 Å². The molecule has 3 aliphatic rings. The first-order chi connectivity index (χ1) is 13.6. The highest BCUT2D eigenvalue weighted by Gasteiger charge is 2.44. The van der Waals surface area contributed by atoms with E-state index in [0.29, 0.717) is 23.8 Å². The zero-order valence-corrected chi connectivity index (χ0v) is 16.3. The molecule has 1 saturated carbocycles. The van der Waals surface area contributed by atoms with Gasteiger partial charge in [-0.3, -0.25) is 9.69 Å². The molecule has 5 nitrogen and oxygen atoms in total. The standard InChI is InChI=1S/C22H26FN3O2/c1-28-16-4-5-18(23)15(12-16)13-26-10-8-22(9-11-26)7-6-17-19(22)24-20(14-2-3-14)25-21(17)27/h4-5,12,14H,2-3,6-11,13H2,1H3,(H,24,25,27). The predicted octanol–water partition coefficient (Wildman–Crippen LogP) is 3.28. The fourth-order valence-corrected chi connectivity index (χ4v) is 4.88. The number of hydrogen-bond donors (Lipinski definition) is 1. The number of likely N-dealkylation sites (tertiary alicyclic amines) is 1. The van der Waals surface area contributed by atoms with E-state index in [0.717, 1.165) is 68.7 Å². The van der Waals surface area contributed by atoms with Crippen molar-refractivity contribution in [3.63, 3.8) is 0 Å². The number of H-pyrrole nitrogens is 1. The van der Waals surface area contributed by atoms with Crippen LogP contribution in [0.4, 0.5) is 4.39 Å². The first-order valence-corrected chi connectivity index (χ1v) is 10.3. The van der Waals surface area contributed by atoms with Crippen LogP contribution in [-0.4, -0.2) is 35.1 Å². The highest BCUT2D eigenvalue weighted by molar-refractivity contribution is 5.35. The summed E-state index contributed by atoms with van der Waals surface area (Å²) in [5.74, 6) is 1.85. The van der Waals surface area contributed by atoms with Crippen molar-refractivity contribution in [2.45, 2.75) is 56.4 Å². The largest absolute Gasteiger partial charge is 0.497 e. The van der Waals surface area contributed by atoms with E-state index in [4.69, 9.17) is 9.72 Å². The van der Waals surface area contributed by atoms with Crippen LogP contribution in [0.2, 0.25) is 0 Å². The number of nitrogens with one attached hydrogen (secondary N) is 1. The number of ether oxygens (including phenoxy) is 1. The summed E-state index contributed by atoms with van der Waals surface area (Å²) in [7, 11) is 1.60. The molecule has 0 atom stereocenters. The summed E-state index contributed by atoms with van der Waals surface area (Å²) < 4.78 is 19.4. The first kappa shape index (κ1) is 17.9. The van der Waals surface area contributed by atoms with E-state index in [1.807, 2.05) is 0 Å². The van der Waals surface area contributed by atoms with Crippen LogP contribution in [0.15, 0.2) is 23.0 Å². The first-order valence-electron chi connectivity index (χ1n) is 10.3. The zero-order valence-electron chi connectivity index (χ0n) is 16.3. The number of methoxy groups -OCH3 is 1. The summed E-state index contributed by atoms with van der Waals surface area (Å²) in [6.07, 6.45) is 6.06. The lowest BCUT2D eigenvalue weighted by Crippen LogP contribution is -2.42. The predicted molar refractivity (Wildman–Crippen MR) is 104 cm³/mol. The molecule has 148 valence electrons. The minimum absolute atomic E-state index is 0.0245. The van der Waals surface area contributed by atoms with Crippen molar-refractivity contribution in [2.24, 2.45) is 0 Å². The number of nitrogens with zero attached hydrogens (tertiary/aromatic N) is 2. The average molecular weight is 383 g/mol. The maximum absolute atomic E-state index is 14.2. The number of benzene rings is 1. The van der Waals surface area contributed by atoms with Crippen molar-refractivity contribution in [2.75, 3.05) is 20.2 Å². The Labute approximate surface area is 163 Å². The molecule has 1 aliphatic heterocycles. The molecule has 5 rings (SSSR count). The van der Waals surface area contributed by atoms with Crippen LogP contribution < -0.4 is 10.3 Å². The van der Waals surface area contributed by atoms with Crippen molar-refractivity contribution in [1.29, 1.82) is 0 Å². The summed E-state index contributed by atoms with van der Waals surface area (Å²) in [4.78, 5) is 22.8. The molecule has 1 aromatic heterocycles. The maximum atomic E-state index is 14.2. The van der Waals surface area contributed by atoms with Crippen LogP contribution in [0.3, 0.4) is 0 Å². The van der Waals surface area contributed by atoms with Gasteiger partial charge in [0.05, 0.1) is 12.8 Å². The number of hydrogen-bond acceptors (Lipinski definition) is 4. The molecule has 1 N–H and O–H groups in total. The third-order valence-electron chi connectivity index (χ3n) is 6.81. The van der Waals surface area contributed by atoms with Crippen LogP contribution in [0, 0.1) is 5.82 Å². The number of rotatable bonds is 4. The average Bonchev–Trinajstić information content (AvgIpc) is 3.50. The van der Waals surface area contributed by atoms with E-state index in [9.17, 15) is 9.18 Å². The molecule has 2 heterocycles. The molecular weight excluding hydrogens is 357 g/mol. The molecule has 28 heavy (non-hydrogen) atoms. The van der Waals surface area contributed by atoms with Gasteiger partial charge in [-0.2, -0.15) is 0 Å². The van der Waals surface area contributed by atoms with Gasteiger partial charge >= 0.3 is 0 Å². The van der Waals surface area contributed by atoms with E-state index < -0.39 is 0 Å². The van der Waals surface area contributed by atoms with Gasteiger partial charge in [0.25, 0.3) is 5.56 Å². The summed E-state index contributed by atoms with van der Waals surface area (Å²) in [5, 5.41) is 0. The Kier molecular flexibility index (Phi) is 4.27. The van der Waals surface area contributed by atoms with Crippen LogP contribution >= 0.6 is 0 Å². The number of piperidine rings is 1. The van der Waals surface area contributed by atoms with Crippen LogP contribution in [0.25, 0.3) is 0 Å². The summed E-state index contributed by atoms with van der Waals surface area (Å²) in [6, 6.07) is 4.91. The lowest BCUT2D eigenvalue weighted by molar-refractivity contribution is 0.148. The highest BCUT2D eigenvalue weighted by Crippen LogP contribution is 2.46. The van der Waals surface area contributed by atoms with E-state index >= 15 is 0 Å². The Morgan fingerprint density at radius 2 is 2.07 bits per heavy atom. The Bertz CT molecular complexity index is 959. The van der Waals surface area contributed by atoms with Crippen LogP contribution in [0.1, 0.15) is 60.7 Å². The van der Waals surface area contributed by atoms with E-state index in [1.165, 1.54) is 6.07 Å². The minimum Gasteiger partial charge on any atom is -0.497 e. The van der Waals surface area contributed by atoms with Gasteiger partial charge in [0.2, 0.25) is 0 Å². The van der Waals surface area contributed by atoms with Crippen molar-refractivity contribution >= 4 is 0 Å². The second-order valence-electron chi connectivity index (χ2n) is 8.57. The van der Waals surface area contributed by atoms with E-state index in [-0.39, 0.29) is 16.8 Å². The van der Waals surface area contributed by atoms with Crippen LogP contribution in [-0.2, 0) is 18.4 Å². The van der Waals surface area contributed by atoms with E-state index in [1.54, 1.807) is 19.2 Å². The fraction of sp³-hybridized carbons (Fsp3) is 0.545. The van der Waals surface area contributed by atoms with Crippen LogP contribution in [0.5, 0.6) is 5.75 Å². The fourth-order valence-electron chi connectivity index (χ4n) is 4.88. The second kappa shape index (κ2) is 6.69. The molecule has 1 spiro atoms. The number of fused-ring (bicyclic) bond motifs is 2. The lowest BCUT2D eigenvalue weighted by Gasteiger charge is -2.39. The molecule has 2 aromatic rings. The molecular formula is C22H26FN3O2. The van der Waals surface area contributed by atoms with Gasteiger partial charge in [-0.25, -0.2) is 9.37 Å². The summed E-state index contributed by atoms with van der Waals surface area (Å²) in [5.41, 5.74) is 2.73. The van der Waals surface area contributed by atoms with E-state index in [2.05, 4.69) is 9.88 Å². The van der Waals surface area contributed by atoms with Gasteiger partial charge in [0.1, 0.15) is 17.4 Å².